The molecule has 194 valence electrons. The van der Waals surface area contributed by atoms with Gasteiger partial charge in [-0.1, -0.05) is 66.7 Å². The molecule has 6 nitrogen and oxygen atoms in total. The van der Waals surface area contributed by atoms with Crippen LogP contribution in [-0.4, -0.2) is 71.2 Å². The first kappa shape index (κ1) is 27.8. The summed E-state index contributed by atoms with van der Waals surface area (Å²) >= 11 is 0. The normalized spacial score (nSPS) is 11.0. The largest absolute Gasteiger partial charge is 0.491 e. The van der Waals surface area contributed by atoms with E-state index in [0.717, 1.165) is 18.6 Å². The summed E-state index contributed by atoms with van der Waals surface area (Å²) in [5.41, 5.74) is 5.04. The molecule has 36 heavy (non-hydrogen) atoms. The lowest BCUT2D eigenvalue weighted by atomic mass is 9.99. The Morgan fingerprint density at radius 1 is 0.444 bits per heavy atom. The van der Waals surface area contributed by atoms with E-state index in [2.05, 4.69) is 66.7 Å². The second kappa shape index (κ2) is 17.7. The van der Waals surface area contributed by atoms with Gasteiger partial charge in [0.25, 0.3) is 0 Å². The second-order valence-corrected chi connectivity index (χ2v) is 8.33. The summed E-state index contributed by atoms with van der Waals surface area (Å²) in [5.74, 6) is 0.870. The number of hydrogen-bond acceptors (Lipinski definition) is 6. The van der Waals surface area contributed by atoms with E-state index in [1.165, 1.54) is 22.3 Å². The van der Waals surface area contributed by atoms with E-state index in [0.29, 0.717) is 59.5 Å². The summed E-state index contributed by atoms with van der Waals surface area (Å²) in [5, 5.41) is 8.62. The molecule has 0 amide bonds. The van der Waals surface area contributed by atoms with Crippen LogP contribution in [0.2, 0.25) is 0 Å². The Balaban J connectivity index is 1.37. The Hall–Kier alpha value is -2.74. The van der Waals surface area contributed by atoms with Crippen LogP contribution in [0.1, 0.15) is 22.3 Å². The van der Waals surface area contributed by atoms with Crippen molar-refractivity contribution in [2.75, 3.05) is 66.1 Å². The molecule has 0 heterocycles. The zero-order chi connectivity index (χ0) is 25.1. The third-order valence-corrected chi connectivity index (χ3v) is 5.38. The summed E-state index contributed by atoms with van der Waals surface area (Å²) in [6.07, 6.45) is 1.74. The predicted octanol–water partition coefficient (Wildman–Crippen LogP) is 4.31. The van der Waals surface area contributed by atoms with E-state index in [1.807, 2.05) is 12.1 Å². The van der Waals surface area contributed by atoms with Gasteiger partial charge in [0.2, 0.25) is 0 Å². The maximum absolute atomic E-state index is 8.62. The lowest BCUT2D eigenvalue weighted by Crippen LogP contribution is -2.14. The minimum atomic E-state index is 0.0318. The molecule has 0 unspecified atom stereocenters. The van der Waals surface area contributed by atoms with Crippen molar-refractivity contribution < 1.29 is 28.8 Å². The van der Waals surface area contributed by atoms with E-state index in [1.54, 1.807) is 0 Å². The lowest BCUT2D eigenvalue weighted by molar-refractivity contribution is -0.00779. The minimum Gasteiger partial charge on any atom is -0.491 e. The van der Waals surface area contributed by atoms with Crippen LogP contribution in [-0.2, 0) is 31.8 Å². The molecule has 3 aromatic rings. The lowest BCUT2D eigenvalue weighted by Gasteiger charge is -2.12. The van der Waals surface area contributed by atoms with Gasteiger partial charge in [-0.2, -0.15) is 0 Å². The molecule has 0 atom stereocenters. The van der Waals surface area contributed by atoms with Gasteiger partial charge >= 0.3 is 0 Å². The number of aliphatic hydroxyl groups excluding tert-OH is 1. The zero-order valence-corrected chi connectivity index (χ0v) is 21.0. The van der Waals surface area contributed by atoms with Gasteiger partial charge in [-0.25, -0.2) is 0 Å². The van der Waals surface area contributed by atoms with E-state index in [9.17, 15) is 0 Å². The Bertz CT molecular complexity index is 888. The summed E-state index contributed by atoms with van der Waals surface area (Å²) < 4.78 is 27.7. The monoisotopic (exact) mass is 494 g/mol. The van der Waals surface area contributed by atoms with Gasteiger partial charge in [-0.05, 0) is 47.2 Å². The van der Waals surface area contributed by atoms with Gasteiger partial charge in [0, 0.05) is 0 Å². The molecular weight excluding hydrogens is 456 g/mol. The smallest absolute Gasteiger partial charge is 0.119 e. The van der Waals surface area contributed by atoms with Gasteiger partial charge in [-0.15, -0.1) is 0 Å². The summed E-state index contributed by atoms with van der Waals surface area (Å²) in [6, 6.07) is 27.5. The molecular formula is C30H38O6. The van der Waals surface area contributed by atoms with Crippen molar-refractivity contribution in [2.24, 2.45) is 0 Å². The fourth-order valence-electron chi connectivity index (χ4n) is 3.72. The number of rotatable bonds is 19. The Morgan fingerprint density at radius 3 is 1.31 bits per heavy atom. The van der Waals surface area contributed by atoms with Crippen LogP contribution in [0.25, 0.3) is 0 Å². The highest BCUT2D eigenvalue weighted by atomic mass is 16.6. The van der Waals surface area contributed by atoms with Crippen LogP contribution in [0.3, 0.4) is 0 Å². The van der Waals surface area contributed by atoms with Crippen molar-refractivity contribution in [3.8, 4) is 5.75 Å². The molecule has 0 aromatic heterocycles. The Kier molecular flexibility index (Phi) is 13.7. The Morgan fingerprint density at radius 2 is 0.861 bits per heavy atom. The average molecular weight is 495 g/mol. The predicted molar refractivity (Wildman–Crippen MR) is 141 cm³/mol. The topological polar surface area (TPSA) is 66.4 Å². The van der Waals surface area contributed by atoms with Crippen molar-refractivity contribution in [1.82, 2.24) is 0 Å². The van der Waals surface area contributed by atoms with Crippen LogP contribution in [0.5, 0.6) is 5.75 Å². The highest BCUT2D eigenvalue weighted by Gasteiger charge is 2.05. The maximum Gasteiger partial charge on any atom is 0.119 e. The number of hydrogen-bond donors (Lipinski definition) is 1. The van der Waals surface area contributed by atoms with Crippen LogP contribution in [0.15, 0.2) is 78.9 Å². The first-order valence-electron chi connectivity index (χ1n) is 12.6. The fourth-order valence-corrected chi connectivity index (χ4v) is 3.72. The van der Waals surface area contributed by atoms with Crippen molar-refractivity contribution in [2.45, 2.75) is 12.8 Å². The molecule has 0 spiro atoms. The number of ether oxygens (including phenoxy) is 5. The molecule has 0 bridgehead atoms. The molecule has 0 saturated carbocycles. The third-order valence-electron chi connectivity index (χ3n) is 5.38. The van der Waals surface area contributed by atoms with E-state index in [-0.39, 0.29) is 6.61 Å². The van der Waals surface area contributed by atoms with Crippen molar-refractivity contribution in [3.05, 3.63) is 101 Å². The number of benzene rings is 3. The van der Waals surface area contributed by atoms with Crippen LogP contribution in [0, 0.1) is 0 Å². The quantitative estimate of drug-likeness (QED) is 0.251. The van der Waals surface area contributed by atoms with Crippen LogP contribution in [0.4, 0.5) is 0 Å². The van der Waals surface area contributed by atoms with E-state index >= 15 is 0 Å². The van der Waals surface area contributed by atoms with Gasteiger partial charge < -0.3 is 28.8 Å². The molecule has 0 fully saturated rings. The molecule has 3 rings (SSSR count). The highest BCUT2D eigenvalue weighted by molar-refractivity contribution is 5.39. The van der Waals surface area contributed by atoms with Crippen LogP contribution >= 0.6 is 0 Å². The second-order valence-electron chi connectivity index (χ2n) is 8.33. The Labute approximate surface area is 214 Å². The molecule has 0 aliphatic carbocycles. The highest BCUT2D eigenvalue weighted by Crippen LogP contribution is 2.22. The number of aliphatic hydroxyl groups is 1. The minimum absolute atomic E-state index is 0.0318. The summed E-state index contributed by atoms with van der Waals surface area (Å²) in [6.45, 7) is 4.38. The first-order chi connectivity index (χ1) is 17.8. The van der Waals surface area contributed by atoms with Crippen molar-refractivity contribution >= 4 is 0 Å². The van der Waals surface area contributed by atoms with Crippen molar-refractivity contribution in [3.63, 3.8) is 0 Å². The van der Waals surface area contributed by atoms with Crippen LogP contribution < -0.4 is 4.74 Å². The maximum atomic E-state index is 8.62. The van der Waals surface area contributed by atoms with Gasteiger partial charge in [0.15, 0.2) is 0 Å². The first-order valence-corrected chi connectivity index (χ1v) is 12.6. The SMILES string of the molecule is OCCOCCOCCOCCOCCOc1cc(Cc2ccccc2)cc(Cc2ccccc2)c1. The average Bonchev–Trinajstić information content (AvgIpc) is 2.90. The van der Waals surface area contributed by atoms with Gasteiger partial charge in [0.1, 0.15) is 12.4 Å². The molecule has 0 radical (unpaired) electrons. The zero-order valence-electron chi connectivity index (χ0n) is 21.0. The summed E-state index contributed by atoms with van der Waals surface area (Å²) in [4.78, 5) is 0. The molecule has 0 aliphatic rings. The molecule has 3 aromatic carbocycles. The summed E-state index contributed by atoms with van der Waals surface area (Å²) in [7, 11) is 0. The van der Waals surface area contributed by atoms with E-state index in [4.69, 9.17) is 28.8 Å². The standard InChI is InChI=1S/C30H38O6/c31-11-12-32-13-14-33-15-16-34-17-18-35-19-20-36-30-24-28(21-26-7-3-1-4-8-26)23-29(25-30)22-27-9-5-2-6-10-27/h1-10,23-25,31H,11-22H2. The van der Waals surface area contributed by atoms with Gasteiger partial charge in [-0.3, -0.25) is 0 Å². The molecule has 1 N–H and O–H groups in total. The fraction of sp³-hybridized carbons (Fsp3) is 0.400. The molecule has 0 saturated heterocycles. The molecule has 6 heteroatoms. The van der Waals surface area contributed by atoms with E-state index < -0.39 is 0 Å². The van der Waals surface area contributed by atoms with Gasteiger partial charge in [0.05, 0.1) is 59.5 Å². The molecule has 0 aliphatic heterocycles. The third kappa shape index (κ3) is 11.8. The van der Waals surface area contributed by atoms with Crippen molar-refractivity contribution in [1.29, 1.82) is 0 Å².